The summed E-state index contributed by atoms with van der Waals surface area (Å²) in [5, 5.41) is 54.4. The summed E-state index contributed by atoms with van der Waals surface area (Å²) in [6, 6.07) is -0.833. The van der Waals surface area contributed by atoms with Gasteiger partial charge in [-0.05, 0) is 103 Å². The van der Waals surface area contributed by atoms with E-state index in [0.717, 1.165) is 109 Å². The van der Waals surface area contributed by atoms with Gasteiger partial charge in [-0.15, -0.1) is 0 Å². The van der Waals surface area contributed by atoms with E-state index in [0.29, 0.717) is 12.8 Å². The minimum atomic E-state index is -1.58. The predicted octanol–water partition coefficient (Wildman–Crippen LogP) is 14.7. The molecular formula is C65H105NO8. The second kappa shape index (κ2) is 52.5. The van der Waals surface area contributed by atoms with Gasteiger partial charge in [0.15, 0.2) is 6.29 Å². The van der Waals surface area contributed by atoms with Gasteiger partial charge < -0.3 is 40.3 Å². The van der Waals surface area contributed by atoms with Gasteiger partial charge in [0.2, 0.25) is 5.91 Å². The SMILES string of the molecule is CC/C=C\C/C=C\C/C=C\C/C=C\C/C=C\C/C=C\C/C=C\C/C=C\C/C=C\C/C=C\C/C=C\CCCCCC(=O)NC(COC1OC(CO)C(O)C(O)C1O)C(O)/C=C/CCCCCCCCCCCCCC. The Balaban J connectivity index is 2.24. The minimum absolute atomic E-state index is 0.211. The van der Waals surface area contributed by atoms with Crippen molar-refractivity contribution in [2.45, 2.75) is 243 Å². The number of nitrogens with one attached hydrogen (secondary N) is 1. The molecule has 0 bridgehead atoms. The Morgan fingerprint density at radius 2 is 0.838 bits per heavy atom. The lowest BCUT2D eigenvalue weighted by atomic mass is 9.99. The van der Waals surface area contributed by atoms with Crippen LogP contribution in [0.5, 0.6) is 0 Å². The van der Waals surface area contributed by atoms with Gasteiger partial charge in [-0.1, -0.05) is 237 Å². The van der Waals surface area contributed by atoms with E-state index in [1.54, 1.807) is 6.08 Å². The lowest BCUT2D eigenvalue weighted by Crippen LogP contribution is -2.60. The van der Waals surface area contributed by atoms with Crippen molar-refractivity contribution >= 4 is 5.91 Å². The van der Waals surface area contributed by atoms with Crippen LogP contribution in [-0.4, -0.2) is 87.5 Å². The zero-order valence-corrected chi connectivity index (χ0v) is 46.3. The van der Waals surface area contributed by atoms with E-state index in [9.17, 15) is 30.3 Å². The second-order valence-electron chi connectivity index (χ2n) is 19.4. The number of carbonyl (C=O) groups is 1. The fourth-order valence-corrected chi connectivity index (χ4v) is 8.10. The largest absolute Gasteiger partial charge is 0.394 e. The number of rotatable bonds is 47. The van der Waals surface area contributed by atoms with Gasteiger partial charge in [-0.3, -0.25) is 4.79 Å². The number of aliphatic hydroxyl groups excluding tert-OH is 5. The van der Waals surface area contributed by atoms with Crippen molar-refractivity contribution in [2.24, 2.45) is 0 Å². The number of carbonyl (C=O) groups excluding carboxylic acids is 1. The maximum atomic E-state index is 13.0. The van der Waals surface area contributed by atoms with Crippen molar-refractivity contribution in [1.29, 1.82) is 0 Å². The number of hydrogen-bond acceptors (Lipinski definition) is 8. The quantitative estimate of drug-likeness (QED) is 0.0261. The Hall–Kier alpha value is -3.93. The highest BCUT2D eigenvalue weighted by atomic mass is 16.7. The van der Waals surface area contributed by atoms with Crippen molar-refractivity contribution in [1.82, 2.24) is 5.32 Å². The van der Waals surface area contributed by atoms with Crippen LogP contribution in [0.25, 0.3) is 0 Å². The van der Waals surface area contributed by atoms with E-state index in [1.165, 1.54) is 64.2 Å². The molecule has 0 saturated carbocycles. The summed E-state index contributed by atoms with van der Waals surface area (Å²) in [6.07, 6.45) is 74.8. The smallest absolute Gasteiger partial charge is 0.220 e. The molecule has 9 heteroatoms. The van der Waals surface area contributed by atoms with Crippen molar-refractivity contribution in [2.75, 3.05) is 13.2 Å². The zero-order valence-electron chi connectivity index (χ0n) is 46.3. The molecule has 0 spiro atoms. The standard InChI is InChI=1S/C65H105NO8/c1-3-5-7-9-11-13-15-17-19-20-21-22-23-24-25-26-27-28-29-30-31-32-33-34-35-36-37-38-39-40-41-43-45-47-49-51-53-55-61(69)66-58(57-73-65-64(72)63(71)62(70)60(56-67)74-65)59(68)54-52-50-48-46-44-42-18-16-14-12-10-8-6-4-2/h5,7,11,13,17,19,21-22,24-25,27-28,30-31,33-34,36-37,39-40,43,45,52,54,58-60,62-65,67-68,70-72H,3-4,6,8-10,12,14-16,18,20,23,26,29,32,35,38,41-42,44,46-51,53,55-57H2,1-2H3,(H,66,69)/b7-5-,13-11-,19-17-,22-21-,25-24-,28-27-,31-30-,34-33-,37-36-,40-39-,45-43-,54-52+. The first kappa shape index (κ1) is 68.1. The number of hydrogen-bond donors (Lipinski definition) is 6. The van der Waals surface area contributed by atoms with Crippen molar-refractivity contribution in [3.63, 3.8) is 0 Å². The first-order chi connectivity index (χ1) is 36.3. The van der Waals surface area contributed by atoms with Gasteiger partial charge in [0.1, 0.15) is 24.4 Å². The number of ether oxygens (including phenoxy) is 2. The fraction of sp³-hybridized carbons (Fsp3) is 0.615. The molecule has 1 saturated heterocycles. The maximum Gasteiger partial charge on any atom is 0.220 e. The molecule has 0 aromatic carbocycles. The van der Waals surface area contributed by atoms with Crippen molar-refractivity contribution in [3.8, 4) is 0 Å². The highest BCUT2D eigenvalue weighted by molar-refractivity contribution is 5.76. The van der Waals surface area contributed by atoms with Crippen molar-refractivity contribution in [3.05, 3.63) is 146 Å². The Morgan fingerprint density at radius 3 is 1.24 bits per heavy atom. The highest BCUT2D eigenvalue weighted by Crippen LogP contribution is 2.22. The molecule has 0 aromatic heterocycles. The molecule has 0 aliphatic carbocycles. The van der Waals surface area contributed by atoms with Crippen LogP contribution >= 0.6 is 0 Å². The van der Waals surface area contributed by atoms with Gasteiger partial charge >= 0.3 is 0 Å². The topological polar surface area (TPSA) is 149 Å². The molecular weight excluding hydrogens is 923 g/mol. The lowest BCUT2D eigenvalue weighted by molar-refractivity contribution is -0.302. The minimum Gasteiger partial charge on any atom is -0.394 e. The zero-order chi connectivity index (χ0) is 53.6. The molecule has 418 valence electrons. The maximum absolute atomic E-state index is 13.0. The van der Waals surface area contributed by atoms with Crippen LogP contribution in [0.4, 0.5) is 0 Å². The number of aliphatic hydroxyl groups is 5. The summed E-state index contributed by atoms with van der Waals surface area (Å²) in [4.78, 5) is 13.0. The highest BCUT2D eigenvalue weighted by Gasteiger charge is 2.44. The fourth-order valence-electron chi connectivity index (χ4n) is 8.10. The average molecular weight is 1030 g/mol. The van der Waals surface area contributed by atoms with Gasteiger partial charge in [0, 0.05) is 6.42 Å². The van der Waals surface area contributed by atoms with E-state index in [1.807, 2.05) is 6.08 Å². The molecule has 0 aromatic rings. The van der Waals surface area contributed by atoms with E-state index >= 15 is 0 Å². The van der Waals surface area contributed by atoms with Crippen LogP contribution in [0.1, 0.15) is 200 Å². The molecule has 1 fully saturated rings. The summed E-state index contributed by atoms with van der Waals surface area (Å²) >= 11 is 0. The number of unbranched alkanes of at least 4 members (excludes halogenated alkanes) is 15. The summed E-state index contributed by atoms with van der Waals surface area (Å²) in [5.74, 6) is -0.216. The molecule has 6 N–H and O–H groups in total. The van der Waals surface area contributed by atoms with E-state index in [-0.39, 0.29) is 12.5 Å². The van der Waals surface area contributed by atoms with Gasteiger partial charge in [-0.25, -0.2) is 0 Å². The second-order valence-corrected chi connectivity index (χ2v) is 19.4. The summed E-state index contributed by atoms with van der Waals surface area (Å²) in [5.41, 5.74) is 0. The first-order valence-corrected chi connectivity index (χ1v) is 29.1. The average Bonchev–Trinajstić information content (AvgIpc) is 3.40. The normalized spacial score (nSPS) is 20.1. The summed E-state index contributed by atoms with van der Waals surface area (Å²) in [6.45, 7) is 3.62. The number of amides is 1. The van der Waals surface area contributed by atoms with E-state index in [2.05, 4.69) is 153 Å². The Bertz CT molecular complexity index is 1660. The molecule has 1 amide bonds. The molecule has 9 nitrogen and oxygen atoms in total. The lowest BCUT2D eigenvalue weighted by Gasteiger charge is -2.40. The van der Waals surface area contributed by atoms with Crippen LogP contribution in [-0.2, 0) is 14.3 Å². The first-order valence-electron chi connectivity index (χ1n) is 29.1. The van der Waals surface area contributed by atoms with E-state index in [4.69, 9.17) is 9.47 Å². The van der Waals surface area contributed by atoms with Gasteiger partial charge in [-0.2, -0.15) is 0 Å². The molecule has 7 unspecified atom stereocenters. The Kier molecular flexibility index (Phi) is 48.3. The molecule has 1 heterocycles. The molecule has 1 aliphatic rings. The van der Waals surface area contributed by atoms with Crippen LogP contribution in [0.2, 0.25) is 0 Å². The third kappa shape index (κ3) is 41.3. The molecule has 74 heavy (non-hydrogen) atoms. The monoisotopic (exact) mass is 1030 g/mol. The van der Waals surface area contributed by atoms with E-state index < -0.39 is 49.5 Å². The van der Waals surface area contributed by atoms with Crippen LogP contribution in [0.15, 0.2) is 146 Å². The Morgan fingerprint density at radius 1 is 0.473 bits per heavy atom. The predicted molar refractivity (Wildman–Crippen MR) is 313 cm³/mol. The van der Waals surface area contributed by atoms with Crippen LogP contribution in [0.3, 0.4) is 0 Å². The van der Waals surface area contributed by atoms with Crippen LogP contribution < -0.4 is 5.32 Å². The molecule has 1 aliphatic heterocycles. The van der Waals surface area contributed by atoms with Gasteiger partial charge in [0.25, 0.3) is 0 Å². The molecule has 1 rings (SSSR count). The van der Waals surface area contributed by atoms with Crippen LogP contribution in [0, 0.1) is 0 Å². The summed E-state index contributed by atoms with van der Waals surface area (Å²) in [7, 11) is 0. The molecule has 0 radical (unpaired) electrons. The third-order valence-electron chi connectivity index (χ3n) is 12.7. The summed E-state index contributed by atoms with van der Waals surface area (Å²) < 4.78 is 11.2. The van der Waals surface area contributed by atoms with Crippen molar-refractivity contribution < 1.29 is 39.8 Å². The van der Waals surface area contributed by atoms with Gasteiger partial charge in [0.05, 0.1) is 25.4 Å². The third-order valence-corrected chi connectivity index (χ3v) is 12.7. The Labute approximate surface area is 451 Å². The molecule has 7 atom stereocenters. The number of allylic oxidation sites excluding steroid dienone is 23.